The maximum Gasteiger partial charge on any atom is 0.233 e. The lowest BCUT2D eigenvalue weighted by Gasteiger charge is -2.14. The van der Waals surface area contributed by atoms with Crippen LogP contribution in [-0.4, -0.2) is 51.5 Å². The molecule has 1 aromatic heterocycles. The molecular formula is C18H22N4O2S. The SMILES string of the molecule is C=CCn1c(SCC(=O)N2CCCC2)nnc1-c1ccc(OC)cc1. The summed E-state index contributed by atoms with van der Waals surface area (Å²) in [6.45, 7) is 6.15. The topological polar surface area (TPSA) is 60.2 Å². The number of allylic oxidation sites excluding steroid dienone is 1. The van der Waals surface area contributed by atoms with Crippen molar-refractivity contribution in [1.29, 1.82) is 0 Å². The summed E-state index contributed by atoms with van der Waals surface area (Å²) in [4.78, 5) is 14.2. The molecule has 3 rings (SSSR count). The van der Waals surface area contributed by atoms with Crippen molar-refractivity contribution < 1.29 is 9.53 Å². The molecule has 0 spiro atoms. The highest BCUT2D eigenvalue weighted by Crippen LogP contribution is 2.26. The molecule has 6 nitrogen and oxygen atoms in total. The molecule has 0 radical (unpaired) electrons. The van der Waals surface area contributed by atoms with Gasteiger partial charge in [-0.1, -0.05) is 17.8 Å². The van der Waals surface area contributed by atoms with Gasteiger partial charge in [0.25, 0.3) is 0 Å². The normalized spacial score (nSPS) is 13.9. The second-order valence-corrected chi connectivity index (χ2v) is 6.75. The standard InChI is InChI=1S/C18H22N4O2S/c1-3-10-22-17(14-6-8-15(24-2)9-7-14)19-20-18(22)25-13-16(23)21-11-4-5-12-21/h3,6-9H,1,4-5,10-13H2,2H3. The Labute approximate surface area is 151 Å². The minimum Gasteiger partial charge on any atom is -0.497 e. The molecule has 1 saturated heterocycles. The van der Waals surface area contributed by atoms with E-state index in [0.717, 1.165) is 48.2 Å². The molecule has 0 unspecified atom stereocenters. The number of carbonyl (C=O) groups is 1. The molecule has 0 saturated carbocycles. The highest BCUT2D eigenvalue weighted by molar-refractivity contribution is 7.99. The number of aromatic nitrogens is 3. The van der Waals surface area contributed by atoms with Crippen molar-refractivity contribution in [2.75, 3.05) is 26.0 Å². The van der Waals surface area contributed by atoms with Gasteiger partial charge in [-0.25, -0.2) is 0 Å². The zero-order valence-corrected chi connectivity index (χ0v) is 15.2. The predicted molar refractivity (Wildman–Crippen MR) is 98.7 cm³/mol. The van der Waals surface area contributed by atoms with Crippen molar-refractivity contribution in [1.82, 2.24) is 19.7 Å². The zero-order chi connectivity index (χ0) is 17.6. The number of likely N-dealkylation sites (tertiary alicyclic amines) is 1. The summed E-state index contributed by atoms with van der Waals surface area (Å²) >= 11 is 1.43. The minimum absolute atomic E-state index is 0.168. The van der Waals surface area contributed by atoms with E-state index in [1.165, 1.54) is 11.8 Å². The number of amides is 1. The first-order chi connectivity index (χ1) is 12.2. The Balaban J connectivity index is 1.76. The number of carbonyl (C=O) groups excluding carboxylic acids is 1. The Hall–Kier alpha value is -2.28. The molecule has 1 aromatic carbocycles. The molecular weight excluding hydrogens is 336 g/mol. The van der Waals surface area contributed by atoms with Gasteiger partial charge < -0.3 is 9.64 Å². The Morgan fingerprint density at radius 3 is 2.64 bits per heavy atom. The van der Waals surface area contributed by atoms with Crippen LogP contribution in [0, 0.1) is 0 Å². The lowest BCUT2D eigenvalue weighted by Crippen LogP contribution is -2.29. The summed E-state index contributed by atoms with van der Waals surface area (Å²) in [6, 6.07) is 7.69. The third-order valence-corrected chi connectivity index (χ3v) is 5.11. The Bertz CT molecular complexity index is 736. The van der Waals surface area contributed by atoms with E-state index in [1.54, 1.807) is 7.11 Å². The predicted octanol–water partition coefficient (Wildman–Crippen LogP) is 2.85. The molecule has 2 aromatic rings. The molecule has 1 aliphatic heterocycles. The van der Waals surface area contributed by atoms with Crippen LogP contribution in [0.5, 0.6) is 5.75 Å². The molecule has 1 aliphatic rings. The second kappa shape index (κ2) is 8.20. The molecule has 0 aliphatic carbocycles. The average Bonchev–Trinajstić information content (AvgIpc) is 3.31. The van der Waals surface area contributed by atoms with Crippen molar-refractivity contribution >= 4 is 17.7 Å². The fraction of sp³-hybridized carbons (Fsp3) is 0.389. The monoisotopic (exact) mass is 358 g/mol. The highest BCUT2D eigenvalue weighted by atomic mass is 32.2. The lowest BCUT2D eigenvalue weighted by molar-refractivity contribution is -0.127. The lowest BCUT2D eigenvalue weighted by atomic mass is 10.2. The van der Waals surface area contributed by atoms with E-state index < -0.39 is 0 Å². The molecule has 132 valence electrons. The van der Waals surface area contributed by atoms with E-state index in [0.29, 0.717) is 12.3 Å². The number of rotatable bonds is 7. The van der Waals surface area contributed by atoms with Gasteiger partial charge in [0.15, 0.2) is 11.0 Å². The number of methoxy groups -OCH3 is 1. The first kappa shape index (κ1) is 17.5. The summed E-state index contributed by atoms with van der Waals surface area (Å²) in [5.74, 6) is 2.11. The van der Waals surface area contributed by atoms with Crippen LogP contribution in [0.1, 0.15) is 12.8 Å². The fourth-order valence-electron chi connectivity index (χ4n) is 2.83. The van der Waals surface area contributed by atoms with Crippen LogP contribution in [0.15, 0.2) is 42.1 Å². The van der Waals surface area contributed by atoms with Crippen LogP contribution in [0.25, 0.3) is 11.4 Å². The van der Waals surface area contributed by atoms with E-state index in [9.17, 15) is 4.79 Å². The fourth-order valence-corrected chi connectivity index (χ4v) is 3.68. The number of benzene rings is 1. The van der Waals surface area contributed by atoms with Crippen molar-refractivity contribution in [3.63, 3.8) is 0 Å². The van der Waals surface area contributed by atoms with Gasteiger partial charge >= 0.3 is 0 Å². The molecule has 2 heterocycles. The number of hydrogen-bond donors (Lipinski definition) is 0. The van der Waals surface area contributed by atoms with Crippen molar-refractivity contribution in [2.45, 2.75) is 24.5 Å². The first-order valence-electron chi connectivity index (χ1n) is 8.32. The highest BCUT2D eigenvalue weighted by Gasteiger charge is 2.20. The van der Waals surface area contributed by atoms with E-state index in [-0.39, 0.29) is 5.91 Å². The molecule has 0 N–H and O–H groups in total. The summed E-state index contributed by atoms with van der Waals surface area (Å²) in [7, 11) is 1.64. The van der Waals surface area contributed by atoms with Crippen LogP contribution in [0.2, 0.25) is 0 Å². The third kappa shape index (κ3) is 4.04. The number of hydrogen-bond acceptors (Lipinski definition) is 5. The van der Waals surface area contributed by atoms with Crippen LogP contribution < -0.4 is 4.74 Å². The second-order valence-electron chi connectivity index (χ2n) is 5.81. The Morgan fingerprint density at radius 2 is 2.00 bits per heavy atom. The maximum atomic E-state index is 12.2. The Morgan fingerprint density at radius 1 is 1.28 bits per heavy atom. The summed E-state index contributed by atoms with van der Waals surface area (Å²) < 4.78 is 7.18. The van der Waals surface area contributed by atoms with Crippen molar-refractivity contribution in [3.05, 3.63) is 36.9 Å². The van der Waals surface area contributed by atoms with Gasteiger partial charge in [0, 0.05) is 25.2 Å². The van der Waals surface area contributed by atoms with Gasteiger partial charge in [-0.2, -0.15) is 0 Å². The van der Waals surface area contributed by atoms with Gasteiger partial charge in [0.05, 0.1) is 12.9 Å². The first-order valence-corrected chi connectivity index (χ1v) is 9.30. The molecule has 1 fully saturated rings. The van der Waals surface area contributed by atoms with E-state index >= 15 is 0 Å². The molecule has 7 heteroatoms. The smallest absolute Gasteiger partial charge is 0.233 e. The van der Waals surface area contributed by atoms with E-state index in [1.807, 2.05) is 39.8 Å². The van der Waals surface area contributed by atoms with Gasteiger partial charge in [-0.3, -0.25) is 9.36 Å². The number of thioether (sulfide) groups is 1. The maximum absolute atomic E-state index is 12.2. The minimum atomic E-state index is 0.168. The largest absolute Gasteiger partial charge is 0.497 e. The molecule has 25 heavy (non-hydrogen) atoms. The van der Waals surface area contributed by atoms with E-state index in [4.69, 9.17) is 4.74 Å². The van der Waals surface area contributed by atoms with Crippen molar-refractivity contribution in [3.8, 4) is 17.1 Å². The Kier molecular flexibility index (Phi) is 5.75. The van der Waals surface area contributed by atoms with Crippen LogP contribution in [0.4, 0.5) is 0 Å². The van der Waals surface area contributed by atoms with Crippen LogP contribution in [0.3, 0.4) is 0 Å². The van der Waals surface area contributed by atoms with Gasteiger partial charge in [-0.05, 0) is 37.1 Å². The van der Waals surface area contributed by atoms with Gasteiger partial charge in [-0.15, -0.1) is 16.8 Å². The number of nitrogens with zero attached hydrogens (tertiary/aromatic N) is 4. The van der Waals surface area contributed by atoms with Crippen LogP contribution >= 0.6 is 11.8 Å². The molecule has 0 atom stereocenters. The average molecular weight is 358 g/mol. The number of ether oxygens (including phenoxy) is 1. The van der Waals surface area contributed by atoms with E-state index in [2.05, 4.69) is 16.8 Å². The van der Waals surface area contributed by atoms with Gasteiger partial charge in [0.2, 0.25) is 5.91 Å². The summed E-state index contributed by atoms with van der Waals surface area (Å²) in [5, 5.41) is 9.33. The quantitative estimate of drug-likeness (QED) is 0.563. The molecule has 1 amide bonds. The summed E-state index contributed by atoms with van der Waals surface area (Å²) in [5.41, 5.74) is 0.952. The zero-order valence-electron chi connectivity index (χ0n) is 14.4. The molecule has 0 bridgehead atoms. The summed E-state index contributed by atoms with van der Waals surface area (Å²) in [6.07, 6.45) is 4.01. The van der Waals surface area contributed by atoms with Gasteiger partial charge in [0.1, 0.15) is 5.75 Å². The van der Waals surface area contributed by atoms with Crippen LogP contribution in [-0.2, 0) is 11.3 Å². The third-order valence-electron chi connectivity index (χ3n) is 4.16. The van der Waals surface area contributed by atoms with Crippen molar-refractivity contribution in [2.24, 2.45) is 0 Å².